The van der Waals surface area contributed by atoms with E-state index in [0.29, 0.717) is 5.92 Å². The van der Waals surface area contributed by atoms with Crippen LogP contribution >= 0.6 is 35.3 Å². The van der Waals surface area contributed by atoms with Crippen LogP contribution in [-0.4, -0.2) is 26.2 Å². The summed E-state index contributed by atoms with van der Waals surface area (Å²) in [5.74, 6) is 2.32. The molecule has 130 valence electrons. The number of hydrogen-bond donors (Lipinski definition) is 2. The van der Waals surface area contributed by atoms with Crippen LogP contribution in [0.25, 0.3) is 0 Å². The van der Waals surface area contributed by atoms with Gasteiger partial charge in [0.2, 0.25) is 0 Å². The maximum absolute atomic E-state index is 5.72. The number of nitrogens with one attached hydrogen (secondary N) is 2. The van der Waals surface area contributed by atoms with Gasteiger partial charge < -0.3 is 15.4 Å². The number of aliphatic imine (C=N–C) groups is 1. The Morgan fingerprint density at radius 2 is 2.08 bits per heavy atom. The standard InChI is InChI=1S/C18H23N3OS.HI/c1-13-7-8-15(23-13)12-21-18(19-2)20-11-14-9-10-22-17-6-4-3-5-16(14)17;/h3-8,14H,9-12H2,1-2H3,(H2,19,20,21);1H. The van der Waals surface area contributed by atoms with Gasteiger partial charge in [0.1, 0.15) is 5.75 Å². The molecule has 1 atom stereocenters. The lowest BCUT2D eigenvalue weighted by molar-refractivity contribution is 0.267. The number of guanidine groups is 1. The zero-order chi connectivity index (χ0) is 16.1. The first-order valence-corrected chi connectivity index (χ1v) is 8.79. The first-order chi connectivity index (χ1) is 11.3. The fourth-order valence-electron chi connectivity index (χ4n) is 2.82. The molecule has 1 aromatic heterocycles. The summed E-state index contributed by atoms with van der Waals surface area (Å²) in [6.45, 7) is 4.58. The molecule has 0 radical (unpaired) electrons. The Morgan fingerprint density at radius 1 is 1.25 bits per heavy atom. The molecule has 0 aliphatic carbocycles. The number of benzene rings is 1. The summed E-state index contributed by atoms with van der Waals surface area (Å²) in [5.41, 5.74) is 1.29. The molecule has 1 aromatic carbocycles. The molecular weight excluding hydrogens is 433 g/mol. The normalized spacial score (nSPS) is 16.6. The Kier molecular flexibility index (Phi) is 7.36. The number of ether oxygens (including phenoxy) is 1. The third kappa shape index (κ3) is 4.86. The molecule has 1 unspecified atom stereocenters. The summed E-state index contributed by atoms with van der Waals surface area (Å²) in [7, 11) is 1.81. The predicted octanol–water partition coefficient (Wildman–Crippen LogP) is 3.91. The van der Waals surface area contributed by atoms with E-state index in [9.17, 15) is 0 Å². The molecular formula is C18H24IN3OS. The highest BCUT2D eigenvalue weighted by atomic mass is 127. The van der Waals surface area contributed by atoms with Crippen LogP contribution in [0.2, 0.25) is 0 Å². The van der Waals surface area contributed by atoms with Crippen molar-refractivity contribution in [2.45, 2.75) is 25.8 Å². The Balaban J connectivity index is 0.00000208. The SMILES string of the molecule is CN=C(NCc1ccc(C)s1)NCC1CCOc2ccccc21.I. The molecule has 2 aromatic rings. The Hall–Kier alpha value is -1.28. The molecule has 24 heavy (non-hydrogen) atoms. The summed E-state index contributed by atoms with van der Waals surface area (Å²) in [6.07, 6.45) is 1.03. The van der Waals surface area contributed by atoms with Crippen molar-refractivity contribution in [3.8, 4) is 5.75 Å². The van der Waals surface area contributed by atoms with Crippen molar-refractivity contribution >= 4 is 41.3 Å². The zero-order valence-electron chi connectivity index (χ0n) is 14.0. The molecule has 4 nitrogen and oxygen atoms in total. The lowest BCUT2D eigenvalue weighted by Crippen LogP contribution is -2.39. The maximum atomic E-state index is 5.72. The van der Waals surface area contributed by atoms with Crippen LogP contribution in [0.15, 0.2) is 41.4 Å². The second kappa shape index (κ2) is 9.27. The molecule has 0 fully saturated rings. The van der Waals surface area contributed by atoms with Gasteiger partial charge in [0, 0.05) is 29.3 Å². The second-order valence-corrected chi connectivity index (χ2v) is 7.06. The minimum absolute atomic E-state index is 0. The van der Waals surface area contributed by atoms with Gasteiger partial charge >= 0.3 is 0 Å². The zero-order valence-corrected chi connectivity index (χ0v) is 17.2. The summed E-state index contributed by atoms with van der Waals surface area (Å²) in [6, 6.07) is 12.6. The van der Waals surface area contributed by atoms with Crippen LogP contribution in [0.1, 0.15) is 27.7 Å². The van der Waals surface area contributed by atoms with Crippen molar-refractivity contribution in [1.29, 1.82) is 0 Å². The van der Waals surface area contributed by atoms with Gasteiger partial charge in [0.25, 0.3) is 0 Å². The van der Waals surface area contributed by atoms with E-state index in [4.69, 9.17) is 4.74 Å². The van der Waals surface area contributed by atoms with Gasteiger partial charge in [0.05, 0.1) is 13.2 Å². The van der Waals surface area contributed by atoms with Gasteiger partial charge in [-0.05, 0) is 37.1 Å². The van der Waals surface area contributed by atoms with Gasteiger partial charge in [-0.15, -0.1) is 35.3 Å². The van der Waals surface area contributed by atoms with E-state index in [1.807, 2.05) is 30.5 Å². The number of aryl methyl sites for hydroxylation is 1. The smallest absolute Gasteiger partial charge is 0.191 e. The highest BCUT2D eigenvalue weighted by Gasteiger charge is 2.21. The van der Waals surface area contributed by atoms with Gasteiger partial charge in [0.15, 0.2) is 5.96 Å². The van der Waals surface area contributed by atoms with Crippen molar-refractivity contribution in [1.82, 2.24) is 10.6 Å². The number of para-hydroxylation sites is 1. The largest absolute Gasteiger partial charge is 0.493 e. The molecule has 3 rings (SSSR count). The number of hydrogen-bond acceptors (Lipinski definition) is 3. The highest BCUT2D eigenvalue weighted by Crippen LogP contribution is 2.32. The van der Waals surface area contributed by atoms with Crippen LogP contribution in [0.4, 0.5) is 0 Å². The fourth-order valence-corrected chi connectivity index (χ4v) is 3.65. The quantitative estimate of drug-likeness (QED) is 0.416. The molecule has 2 N–H and O–H groups in total. The minimum atomic E-state index is 0. The van der Waals surface area contributed by atoms with E-state index in [2.05, 4.69) is 46.8 Å². The van der Waals surface area contributed by atoms with Crippen molar-refractivity contribution in [3.05, 3.63) is 51.7 Å². The fraction of sp³-hybridized carbons (Fsp3) is 0.389. The van der Waals surface area contributed by atoms with Gasteiger partial charge in [-0.3, -0.25) is 4.99 Å². The predicted molar refractivity (Wildman–Crippen MR) is 112 cm³/mol. The molecule has 0 saturated heterocycles. The van der Waals surface area contributed by atoms with Crippen LogP contribution in [0.5, 0.6) is 5.75 Å². The molecule has 0 saturated carbocycles. The van der Waals surface area contributed by atoms with Crippen molar-refractivity contribution < 1.29 is 4.74 Å². The lowest BCUT2D eigenvalue weighted by Gasteiger charge is -2.26. The number of nitrogens with zero attached hydrogens (tertiary/aromatic N) is 1. The number of thiophene rings is 1. The highest BCUT2D eigenvalue weighted by molar-refractivity contribution is 14.0. The van der Waals surface area contributed by atoms with E-state index in [1.165, 1.54) is 15.3 Å². The first-order valence-electron chi connectivity index (χ1n) is 7.98. The summed E-state index contributed by atoms with van der Waals surface area (Å²) >= 11 is 1.82. The van der Waals surface area contributed by atoms with E-state index in [0.717, 1.165) is 37.8 Å². The van der Waals surface area contributed by atoms with Crippen LogP contribution in [0, 0.1) is 6.92 Å². The van der Waals surface area contributed by atoms with Gasteiger partial charge in [-0.25, -0.2) is 0 Å². The Bertz CT molecular complexity index is 686. The van der Waals surface area contributed by atoms with Crippen LogP contribution < -0.4 is 15.4 Å². The molecule has 1 aliphatic rings. The van der Waals surface area contributed by atoms with Gasteiger partial charge in [-0.2, -0.15) is 0 Å². The van der Waals surface area contributed by atoms with Gasteiger partial charge in [-0.1, -0.05) is 18.2 Å². The molecule has 2 heterocycles. The monoisotopic (exact) mass is 457 g/mol. The number of rotatable bonds is 4. The van der Waals surface area contributed by atoms with Crippen LogP contribution in [0.3, 0.4) is 0 Å². The van der Waals surface area contributed by atoms with Crippen molar-refractivity contribution in [2.75, 3.05) is 20.2 Å². The Morgan fingerprint density at radius 3 is 2.83 bits per heavy atom. The molecule has 6 heteroatoms. The number of halogens is 1. The second-order valence-electron chi connectivity index (χ2n) is 5.69. The van der Waals surface area contributed by atoms with Crippen molar-refractivity contribution in [2.24, 2.45) is 4.99 Å². The van der Waals surface area contributed by atoms with E-state index in [1.54, 1.807) is 0 Å². The third-order valence-electron chi connectivity index (χ3n) is 4.05. The third-order valence-corrected chi connectivity index (χ3v) is 5.05. The van der Waals surface area contributed by atoms with E-state index < -0.39 is 0 Å². The van der Waals surface area contributed by atoms with E-state index in [-0.39, 0.29) is 24.0 Å². The summed E-state index contributed by atoms with van der Waals surface area (Å²) in [4.78, 5) is 6.98. The maximum Gasteiger partial charge on any atom is 0.191 e. The topological polar surface area (TPSA) is 45.7 Å². The molecule has 0 spiro atoms. The molecule has 0 bridgehead atoms. The van der Waals surface area contributed by atoms with Crippen molar-refractivity contribution in [3.63, 3.8) is 0 Å². The van der Waals surface area contributed by atoms with Crippen LogP contribution in [-0.2, 0) is 6.54 Å². The molecule has 0 amide bonds. The minimum Gasteiger partial charge on any atom is -0.493 e. The van der Waals surface area contributed by atoms with E-state index >= 15 is 0 Å². The summed E-state index contributed by atoms with van der Waals surface area (Å²) < 4.78 is 5.72. The average Bonchev–Trinajstić information content (AvgIpc) is 3.00. The average molecular weight is 457 g/mol. The first kappa shape index (κ1) is 19.1. The lowest BCUT2D eigenvalue weighted by atomic mass is 9.93. The Labute approximate surface area is 164 Å². The number of fused-ring (bicyclic) bond motifs is 1. The summed E-state index contributed by atoms with van der Waals surface area (Å²) in [5, 5.41) is 6.83. The molecule has 1 aliphatic heterocycles.